The van der Waals surface area contributed by atoms with Crippen molar-refractivity contribution in [1.82, 2.24) is 14.9 Å². The first-order valence-corrected chi connectivity index (χ1v) is 9.78. The molecule has 138 valence electrons. The Bertz CT molecular complexity index is 953. The van der Waals surface area contributed by atoms with Crippen LogP contribution in [0.3, 0.4) is 0 Å². The van der Waals surface area contributed by atoms with E-state index in [1.54, 1.807) is 6.21 Å². The van der Waals surface area contributed by atoms with Crippen LogP contribution in [0.4, 0.5) is 5.95 Å². The van der Waals surface area contributed by atoms with Gasteiger partial charge in [-0.1, -0.05) is 69.7 Å². The van der Waals surface area contributed by atoms with Crippen molar-refractivity contribution in [3.05, 3.63) is 69.7 Å². The lowest BCUT2D eigenvalue weighted by atomic mass is 10.1. The van der Waals surface area contributed by atoms with Gasteiger partial charge in [-0.2, -0.15) is 5.10 Å². The average Bonchev–Trinajstić information content (AvgIpc) is 3.02. The van der Waals surface area contributed by atoms with Crippen molar-refractivity contribution >= 4 is 45.6 Å². The largest absolute Gasteiger partial charge is 0.334 e. The van der Waals surface area contributed by atoms with Gasteiger partial charge in [-0.15, -0.1) is 10.2 Å². The van der Waals surface area contributed by atoms with Crippen LogP contribution in [0.2, 0.25) is 0 Å². The summed E-state index contributed by atoms with van der Waals surface area (Å²) in [6.45, 7) is 1.98. The van der Waals surface area contributed by atoms with Crippen molar-refractivity contribution in [1.29, 1.82) is 0 Å². The van der Waals surface area contributed by atoms with E-state index in [4.69, 9.17) is 5.84 Å². The molecule has 0 saturated carbocycles. The van der Waals surface area contributed by atoms with Gasteiger partial charge in [0.2, 0.25) is 5.16 Å². The number of hydrogen-bond donors (Lipinski definition) is 2. The molecule has 0 amide bonds. The van der Waals surface area contributed by atoms with Crippen molar-refractivity contribution in [2.24, 2.45) is 5.10 Å². The molecule has 0 aliphatic heterocycles. The Kier molecular flexibility index (Phi) is 6.25. The molecule has 0 spiro atoms. The van der Waals surface area contributed by atoms with Crippen LogP contribution in [-0.4, -0.2) is 32.6 Å². The van der Waals surface area contributed by atoms with Crippen LogP contribution in [0.25, 0.3) is 0 Å². The molecular formula is C18H17BrN6OS. The van der Waals surface area contributed by atoms with Crippen LogP contribution in [-0.2, 0) is 0 Å². The average molecular weight is 445 g/mol. The fourth-order valence-corrected chi connectivity index (χ4v) is 3.13. The van der Waals surface area contributed by atoms with E-state index < -0.39 is 0 Å². The van der Waals surface area contributed by atoms with Gasteiger partial charge in [0.05, 0.1) is 12.0 Å². The summed E-state index contributed by atoms with van der Waals surface area (Å²) in [4.78, 5) is 12.2. The van der Waals surface area contributed by atoms with Gasteiger partial charge in [0.15, 0.2) is 5.78 Å². The molecule has 3 aromatic rings. The summed E-state index contributed by atoms with van der Waals surface area (Å²) in [5.41, 5.74) is 5.44. The molecule has 1 heterocycles. The summed E-state index contributed by atoms with van der Waals surface area (Å²) in [7, 11) is 0. The Morgan fingerprint density at radius 3 is 2.63 bits per heavy atom. The van der Waals surface area contributed by atoms with Crippen LogP contribution >= 0.6 is 27.7 Å². The number of Topliss-reactive ketones (excluding diaryl/α,β-unsaturated/α-hetero) is 1. The maximum atomic E-state index is 12.2. The lowest BCUT2D eigenvalue weighted by Crippen LogP contribution is -2.14. The number of hydrogen-bond acceptors (Lipinski definition) is 7. The quantitative estimate of drug-likeness (QED) is 0.190. The van der Waals surface area contributed by atoms with Gasteiger partial charge in [0.1, 0.15) is 0 Å². The highest BCUT2D eigenvalue weighted by atomic mass is 79.9. The third-order valence-electron chi connectivity index (χ3n) is 3.62. The summed E-state index contributed by atoms with van der Waals surface area (Å²) >= 11 is 4.61. The minimum atomic E-state index is 0.00534. The van der Waals surface area contributed by atoms with Crippen molar-refractivity contribution in [3.63, 3.8) is 0 Å². The van der Waals surface area contributed by atoms with Gasteiger partial charge in [-0.25, -0.2) is 10.1 Å². The SMILES string of the molecule is Cc1ccc(C(=O)CSc2nnc(N/N=C/c3ccc(Br)cc3)n2N)cc1. The Hall–Kier alpha value is -2.65. The maximum absolute atomic E-state index is 12.2. The zero-order valence-corrected chi connectivity index (χ0v) is 16.9. The molecule has 0 aliphatic carbocycles. The highest BCUT2D eigenvalue weighted by Gasteiger charge is 2.13. The number of carbonyl (C=O) groups is 1. The molecule has 0 radical (unpaired) electrons. The molecule has 3 N–H and O–H groups in total. The first-order chi connectivity index (χ1) is 13.0. The number of thioether (sulfide) groups is 1. The molecule has 27 heavy (non-hydrogen) atoms. The highest BCUT2D eigenvalue weighted by Crippen LogP contribution is 2.18. The molecular weight excluding hydrogens is 428 g/mol. The lowest BCUT2D eigenvalue weighted by molar-refractivity contribution is 0.102. The minimum Gasteiger partial charge on any atom is -0.334 e. The first kappa shape index (κ1) is 19.1. The van der Waals surface area contributed by atoms with Crippen molar-refractivity contribution in [3.8, 4) is 0 Å². The van der Waals surface area contributed by atoms with Crippen LogP contribution in [0, 0.1) is 6.92 Å². The summed E-state index contributed by atoms with van der Waals surface area (Å²) in [5, 5.41) is 12.5. The van der Waals surface area contributed by atoms with E-state index in [1.807, 2.05) is 55.5 Å². The third-order valence-corrected chi connectivity index (χ3v) is 5.09. The number of halogens is 1. The Morgan fingerprint density at radius 2 is 1.93 bits per heavy atom. The zero-order valence-electron chi connectivity index (χ0n) is 14.5. The molecule has 0 unspecified atom stereocenters. The number of hydrazone groups is 1. The molecule has 7 nitrogen and oxygen atoms in total. The molecule has 0 atom stereocenters. The summed E-state index contributed by atoms with van der Waals surface area (Å²) < 4.78 is 2.27. The second-order valence-corrected chi connectivity index (χ2v) is 7.53. The van der Waals surface area contributed by atoms with E-state index in [0.717, 1.165) is 15.6 Å². The maximum Gasteiger partial charge on any atom is 0.264 e. The number of aromatic nitrogens is 3. The number of rotatable bonds is 7. The number of nitrogens with one attached hydrogen (secondary N) is 1. The second-order valence-electron chi connectivity index (χ2n) is 5.68. The van der Waals surface area contributed by atoms with Crippen molar-refractivity contribution in [2.75, 3.05) is 17.0 Å². The van der Waals surface area contributed by atoms with Crippen molar-refractivity contribution in [2.45, 2.75) is 12.1 Å². The number of ketones is 1. The van der Waals surface area contributed by atoms with E-state index >= 15 is 0 Å². The fourth-order valence-electron chi connectivity index (χ4n) is 2.12. The standard InChI is InChI=1S/C18H17BrN6OS/c1-12-2-6-14(7-3-12)16(26)11-27-18-24-23-17(25(18)20)22-21-10-13-4-8-15(19)9-5-13/h2-10H,11,20H2,1H3,(H,22,23)/b21-10+. The number of carbonyl (C=O) groups excluding carboxylic acids is 1. The van der Waals surface area contributed by atoms with E-state index in [9.17, 15) is 4.79 Å². The first-order valence-electron chi connectivity index (χ1n) is 8.01. The van der Waals surface area contributed by atoms with Gasteiger partial charge in [-0.05, 0) is 24.6 Å². The van der Waals surface area contributed by atoms with Gasteiger partial charge in [0.25, 0.3) is 5.95 Å². The van der Waals surface area contributed by atoms with E-state index in [0.29, 0.717) is 10.7 Å². The fraction of sp³-hybridized carbons (Fsp3) is 0.111. The topological polar surface area (TPSA) is 98.2 Å². The number of aryl methyl sites for hydroxylation is 1. The third kappa shape index (κ3) is 5.18. The second kappa shape index (κ2) is 8.83. The number of benzene rings is 2. The van der Waals surface area contributed by atoms with E-state index in [1.165, 1.54) is 16.4 Å². The Morgan fingerprint density at radius 1 is 1.22 bits per heavy atom. The molecule has 3 rings (SSSR count). The van der Waals surface area contributed by atoms with Gasteiger partial charge in [-0.3, -0.25) is 4.79 Å². The number of nitrogen functional groups attached to an aromatic ring is 1. The van der Waals surface area contributed by atoms with Gasteiger partial charge < -0.3 is 5.84 Å². The van der Waals surface area contributed by atoms with Gasteiger partial charge in [0, 0.05) is 10.0 Å². The number of nitrogens with two attached hydrogens (primary N) is 1. The summed E-state index contributed by atoms with van der Waals surface area (Å²) in [6.07, 6.45) is 1.65. The molecule has 9 heteroatoms. The van der Waals surface area contributed by atoms with Crippen LogP contribution in [0.1, 0.15) is 21.5 Å². The van der Waals surface area contributed by atoms with Crippen molar-refractivity contribution < 1.29 is 4.79 Å². The monoisotopic (exact) mass is 444 g/mol. The summed E-state index contributed by atoms with van der Waals surface area (Å²) in [6, 6.07) is 15.1. The molecule has 0 bridgehead atoms. The van der Waals surface area contributed by atoms with Crippen LogP contribution in [0.15, 0.2) is 63.3 Å². The van der Waals surface area contributed by atoms with Crippen LogP contribution in [0.5, 0.6) is 0 Å². The Balaban J connectivity index is 1.57. The predicted molar refractivity (Wildman–Crippen MR) is 112 cm³/mol. The number of anilines is 1. The zero-order chi connectivity index (χ0) is 19.2. The molecule has 2 aromatic carbocycles. The van der Waals surface area contributed by atoms with Gasteiger partial charge >= 0.3 is 0 Å². The molecule has 0 saturated heterocycles. The summed E-state index contributed by atoms with van der Waals surface area (Å²) in [5.74, 6) is 6.48. The smallest absolute Gasteiger partial charge is 0.264 e. The normalized spacial score (nSPS) is 11.0. The minimum absolute atomic E-state index is 0.00534. The molecule has 0 aliphatic rings. The Labute approximate surface area is 169 Å². The van der Waals surface area contributed by atoms with E-state index in [2.05, 4.69) is 36.7 Å². The molecule has 1 aromatic heterocycles. The van der Waals surface area contributed by atoms with E-state index in [-0.39, 0.29) is 17.5 Å². The highest BCUT2D eigenvalue weighted by molar-refractivity contribution is 9.10. The lowest BCUT2D eigenvalue weighted by Gasteiger charge is -2.03. The predicted octanol–water partition coefficient (Wildman–Crippen LogP) is 3.48. The van der Waals surface area contributed by atoms with Crippen LogP contribution < -0.4 is 11.3 Å². The molecule has 0 fully saturated rings. The number of nitrogens with zero attached hydrogens (tertiary/aromatic N) is 4.